The smallest absolute Gasteiger partial charge is 0.273 e. The lowest BCUT2D eigenvalue weighted by Gasteiger charge is -2.16. The molecule has 0 aliphatic heterocycles. The third-order valence-electron chi connectivity index (χ3n) is 4.16. The molecule has 0 unspecified atom stereocenters. The number of thiazole rings is 1. The van der Waals surface area contributed by atoms with Crippen molar-refractivity contribution in [2.75, 3.05) is 13.6 Å². The van der Waals surface area contributed by atoms with Crippen molar-refractivity contribution in [2.24, 2.45) is 0 Å². The van der Waals surface area contributed by atoms with Gasteiger partial charge in [0.25, 0.3) is 5.91 Å². The van der Waals surface area contributed by atoms with Gasteiger partial charge in [0.2, 0.25) is 0 Å². The predicted molar refractivity (Wildman–Crippen MR) is 104 cm³/mol. The fourth-order valence-electron chi connectivity index (χ4n) is 2.78. The summed E-state index contributed by atoms with van der Waals surface area (Å²) >= 11 is 3.16. The first-order chi connectivity index (χ1) is 12.2. The molecule has 1 aromatic carbocycles. The van der Waals surface area contributed by atoms with Gasteiger partial charge in [0.15, 0.2) is 0 Å². The van der Waals surface area contributed by atoms with Gasteiger partial charge in [0.1, 0.15) is 10.7 Å². The Balaban J connectivity index is 1.44. The predicted octanol–water partition coefficient (Wildman–Crippen LogP) is 4.60. The average Bonchev–Trinajstić information content (AvgIpc) is 3.39. The van der Waals surface area contributed by atoms with Crippen LogP contribution in [0.3, 0.4) is 0 Å². The average molecular weight is 367 g/mol. The highest BCUT2D eigenvalue weighted by molar-refractivity contribution is 7.20. The summed E-state index contributed by atoms with van der Waals surface area (Å²) in [6, 6.07) is 14.4. The Bertz CT molecular complexity index is 1000. The zero-order valence-corrected chi connectivity index (χ0v) is 15.4. The SMILES string of the molecule is CN(CCn1ccc2ccccc21)C(=O)c1csc(-c2cccs2)n1. The van der Waals surface area contributed by atoms with Crippen molar-refractivity contribution in [1.29, 1.82) is 0 Å². The zero-order valence-electron chi connectivity index (χ0n) is 13.8. The van der Waals surface area contributed by atoms with Gasteiger partial charge in [-0.1, -0.05) is 24.3 Å². The maximum atomic E-state index is 12.6. The molecule has 0 saturated carbocycles. The molecule has 0 atom stereocenters. The lowest BCUT2D eigenvalue weighted by atomic mass is 10.2. The van der Waals surface area contributed by atoms with Crippen molar-refractivity contribution in [2.45, 2.75) is 6.54 Å². The van der Waals surface area contributed by atoms with Crippen molar-refractivity contribution in [3.63, 3.8) is 0 Å². The van der Waals surface area contributed by atoms with Crippen LogP contribution in [-0.4, -0.2) is 34.0 Å². The normalized spacial score (nSPS) is 11.1. The highest BCUT2D eigenvalue weighted by Gasteiger charge is 2.16. The molecule has 126 valence electrons. The van der Waals surface area contributed by atoms with Crippen LogP contribution >= 0.6 is 22.7 Å². The van der Waals surface area contributed by atoms with Crippen LogP contribution in [0.4, 0.5) is 0 Å². The van der Waals surface area contributed by atoms with Gasteiger partial charge in [0.05, 0.1) is 4.88 Å². The van der Waals surface area contributed by atoms with Gasteiger partial charge < -0.3 is 9.47 Å². The van der Waals surface area contributed by atoms with Crippen molar-refractivity contribution >= 4 is 39.5 Å². The van der Waals surface area contributed by atoms with Gasteiger partial charge in [-0.3, -0.25) is 4.79 Å². The fraction of sp³-hybridized carbons (Fsp3) is 0.158. The minimum absolute atomic E-state index is 0.0319. The summed E-state index contributed by atoms with van der Waals surface area (Å²) in [4.78, 5) is 20.0. The maximum Gasteiger partial charge on any atom is 0.273 e. The summed E-state index contributed by atoms with van der Waals surface area (Å²) in [5, 5.41) is 5.99. The largest absolute Gasteiger partial charge is 0.346 e. The van der Waals surface area contributed by atoms with Gasteiger partial charge in [-0.05, 0) is 29.0 Å². The summed E-state index contributed by atoms with van der Waals surface area (Å²) in [6.07, 6.45) is 2.07. The number of nitrogens with zero attached hydrogens (tertiary/aromatic N) is 3. The van der Waals surface area contributed by atoms with E-state index in [1.807, 2.05) is 42.1 Å². The van der Waals surface area contributed by atoms with Crippen LogP contribution in [0.25, 0.3) is 20.8 Å². The molecule has 1 amide bonds. The van der Waals surface area contributed by atoms with Crippen LogP contribution in [0.5, 0.6) is 0 Å². The Hall–Kier alpha value is -2.44. The molecule has 4 rings (SSSR count). The first kappa shape index (κ1) is 16.1. The highest BCUT2D eigenvalue weighted by Crippen LogP contribution is 2.28. The summed E-state index contributed by atoms with van der Waals surface area (Å²) in [5.74, 6) is -0.0319. The molecule has 0 bridgehead atoms. The van der Waals surface area contributed by atoms with Crippen LogP contribution in [0.15, 0.2) is 59.4 Å². The number of hydrogen-bond acceptors (Lipinski definition) is 4. The molecule has 3 heterocycles. The second-order valence-corrected chi connectivity index (χ2v) is 7.62. The molecular formula is C19H17N3OS2. The van der Waals surface area contributed by atoms with E-state index in [4.69, 9.17) is 0 Å². The number of fused-ring (bicyclic) bond motifs is 1. The molecule has 3 aromatic heterocycles. The molecule has 0 saturated heterocycles. The lowest BCUT2D eigenvalue weighted by Crippen LogP contribution is -2.30. The third kappa shape index (κ3) is 3.23. The van der Waals surface area contributed by atoms with E-state index >= 15 is 0 Å². The number of likely N-dealkylation sites (N-methyl/N-ethyl adjacent to an activating group) is 1. The summed E-state index contributed by atoms with van der Waals surface area (Å²) < 4.78 is 2.18. The number of rotatable bonds is 5. The zero-order chi connectivity index (χ0) is 17.2. The molecule has 0 fully saturated rings. The number of thiophene rings is 1. The van der Waals surface area contributed by atoms with Crippen molar-refractivity contribution in [3.8, 4) is 9.88 Å². The Morgan fingerprint density at radius 3 is 2.88 bits per heavy atom. The van der Waals surface area contributed by atoms with Crippen molar-refractivity contribution < 1.29 is 4.79 Å². The topological polar surface area (TPSA) is 38.1 Å². The number of carbonyl (C=O) groups is 1. The van der Waals surface area contributed by atoms with Gasteiger partial charge >= 0.3 is 0 Å². The Kier molecular flexibility index (Phi) is 4.38. The lowest BCUT2D eigenvalue weighted by molar-refractivity contribution is 0.0786. The number of aromatic nitrogens is 2. The monoisotopic (exact) mass is 367 g/mol. The van der Waals surface area contributed by atoms with Gasteiger partial charge in [-0.15, -0.1) is 22.7 Å². The second-order valence-electron chi connectivity index (χ2n) is 5.81. The molecule has 4 aromatic rings. The Morgan fingerprint density at radius 2 is 2.04 bits per heavy atom. The molecule has 0 aliphatic carbocycles. The molecule has 6 heteroatoms. The van der Waals surface area contributed by atoms with E-state index in [9.17, 15) is 4.79 Å². The van der Waals surface area contributed by atoms with Crippen LogP contribution in [0, 0.1) is 0 Å². The van der Waals surface area contributed by atoms with Crippen LogP contribution < -0.4 is 0 Å². The standard InChI is InChI=1S/C19H17N3OS2/c1-21(10-11-22-9-8-14-5-2-3-6-16(14)22)19(23)15-13-25-18(20-15)17-7-4-12-24-17/h2-9,12-13H,10-11H2,1H3. The first-order valence-electron chi connectivity index (χ1n) is 8.01. The van der Waals surface area contributed by atoms with E-state index < -0.39 is 0 Å². The number of hydrogen-bond donors (Lipinski definition) is 0. The van der Waals surface area contributed by atoms with E-state index in [0.29, 0.717) is 12.2 Å². The number of para-hydroxylation sites is 1. The quantitative estimate of drug-likeness (QED) is 0.517. The summed E-state index contributed by atoms with van der Waals surface area (Å²) in [6.45, 7) is 1.40. The third-order valence-corrected chi connectivity index (χ3v) is 6.04. The minimum atomic E-state index is -0.0319. The molecule has 0 radical (unpaired) electrons. The summed E-state index contributed by atoms with van der Waals surface area (Å²) in [7, 11) is 1.83. The summed E-state index contributed by atoms with van der Waals surface area (Å²) in [5.41, 5.74) is 1.71. The number of benzene rings is 1. The molecule has 0 N–H and O–H groups in total. The van der Waals surface area contributed by atoms with Gasteiger partial charge in [-0.2, -0.15) is 0 Å². The number of carbonyl (C=O) groups excluding carboxylic acids is 1. The fourth-order valence-corrected chi connectivity index (χ4v) is 4.38. The van der Waals surface area contributed by atoms with E-state index in [2.05, 4.69) is 33.9 Å². The molecule has 4 nitrogen and oxygen atoms in total. The van der Waals surface area contributed by atoms with Crippen molar-refractivity contribution in [3.05, 3.63) is 65.1 Å². The minimum Gasteiger partial charge on any atom is -0.346 e. The van der Waals surface area contributed by atoms with Crippen LogP contribution in [0.2, 0.25) is 0 Å². The highest BCUT2D eigenvalue weighted by atomic mass is 32.1. The molecular weight excluding hydrogens is 350 g/mol. The van der Waals surface area contributed by atoms with E-state index in [0.717, 1.165) is 16.4 Å². The second kappa shape index (κ2) is 6.82. The Morgan fingerprint density at radius 1 is 1.16 bits per heavy atom. The van der Waals surface area contributed by atoms with Crippen LogP contribution in [-0.2, 0) is 6.54 Å². The van der Waals surface area contributed by atoms with E-state index in [1.54, 1.807) is 16.2 Å². The molecule has 0 spiro atoms. The molecule has 0 aliphatic rings. The van der Waals surface area contributed by atoms with E-state index in [1.165, 1.54) is 22.2 Å². The maximum absolute atomic E-state index is 12.6. The van der Waals surface area contributed by atoms with E-state index in [-0.39, 0.29) is 5.91 Å². The molecule has 25 heavy (non-hydrogen) atoms. The van der Waals surface area contributed by atoms with Gasteiger partial charge in [0, 0.05) is 37.2 Å². The Labute approximate surface area is 154 Å². The van der Waals surface area contributed by atoms with Crippen LogP contribution in [0.1, 0.15) is 10.5 Å². The number of amides is 1. The first-order valence-corrected chi connectivity index (χ1v) is 9.77. The van der Waals surface area contributed by atoms with Crippen molar-refractivity contribution in [1.82, 2.24) is 14.5 Å². The van der Waals surface area contributed by atoms with Gasteiger partial charge in [-0.25, -0.2) is 4.98 Å².